The van der Waals surface area contributed by atoms with Crippen LogP contribution in [0.25, 0.3) is 11.8 Å². The smallest absolute Gasteiger partial charge is 0.338 e. The molecule has 216 valence electrons. The van der Waals surface area contributed by atoms with Gasteiger partial charge in [0.25, 0.3) is 5.56 Å². The van der Waals surface area contributed by atoms with Crippen LogP contribution >= 0.6 is 68.3 Å². The quantitative estimate of drug-likeness (QED) is 0.113. The minimum atomic E-state index is -0.698. The highest BCUT2D eigenvalue weighted by Crippen LogP contribution is 2.36. The van der Waals surface area contributed by atoms with Crippen LogP contribution in [0.15, 0.2) is 87.0 Å². The molecule has 0 fully saturated rings. The van der Waals surface area contributed by atoms with E-state index in [0.29, 0.717) is 20.6 Å². The summed E-state index contributed by atoms with van der Waals surface area (Å²) in [5, 5.41) is 0. The molecule has 5 rings (SSSR count). The van der Waals surface area contributed by atoms with Crippen LogP contribution in [0.1, 0.15) is 43.5 Å². The van der Waals surface area contributed by atoms with Gasteiger partial charge in [0.05, 0.1) is 41.7 Å². The number of nitrogens with zero attached hydrogens (tertiary/aromatic N) is 2. The molecule has 0 unspecified atom stereocenters. The number of hydrogen-bond acceptors (Lipinski definition) is 7. The maximum Gasteiger partial charge on any atom is 0.338 e. The van der Waals surface area contributed by atoms with Gasteiger partial charge in [0.1, 0.15) is 5.75 Å². The fraction of sp³-hybridized carbons (Fsp3) is 0.219. The van der Waals surface area contributed by atoms with Gasteiger partial charge in [-0.2, -0.15) is 0 Å². The maximum atomic E-state index is 14.2. The zero-order valence-corrected chi connectivity index (χ0v) is 29.3. The predicted molar refractivity (Wildman–Crippen MR) is 187 cm³/mol. The molecule has 0 spiro atoms. The highest BCUT2D eigenvalue weighted by molar-refractivity contribution is 14.1. The second-order valence-corrected chi connectivity index (χ2v) is 13.9. The molecule has 0 saturated carbocycles. The van der Waals surface area contributed by atoms with Crippen molar-refractivity contribution in [2.24, 2.45) is 4.99 Å². The van der Waals surface area contributed by atoms with Gasteiger partial charge < -0.3 is 9.47 Å². The molecule has 1 aliphatic rings. The zero-order chi connectivity index (χ0) is 30.0. The first-order valence-corrected chi connectivity index (χ1v) is 17.5. The monoisotopic (exact) mass is 822 g/mol. The third-order valence-corrected chi connectivity index (χ3v) is 9.81. The van der Waals surface area contributed by atoms with Crippen LogP contribution < -0.4 is 19.6 Å². The van der Waals surface area contributed by atoms with E-state index < -0.39 is 12.0 Å². The van der Waals surface area contributed by atoms with E-state index in [0.717, 1.165) is 34.5 Å². The number of rotatable bonds is 8. The van der Waals surface area contributed by atoms with E-state index in [1.807, 2.05) is 92.9 Å². The lowest BCUT2D eigenvalue weighted by Gasteiger charge is -2.26. The molecule has 0 amide bonds. The Labute approximate surface area is 279 Å². The molecule has 10 heteroatoms. The molecule has 0 N–H and O–H groups in total. The van der Waals surface area contributed by atoms with Gasteiger partial charge in [-0.1, -0.05) is 53.8 Å². The van der Waals surface area contributed by atoms with Crippen LogP contribution in [-0.4, -0.2) is 29.5 Å². The summed E-state index contributed by atoms with van der Waals surface area (Å²) < 4.78 is 15.7. The molecule has 0 saturated heterocycles. The van der Waals surface area contributed by atoms with E-state index in [-0.39, 0.29) is 18.3 Å². The lowest BCUT2D eigenvalue weighted by atomic mass is 9.93. The lowest BCUT2D eigenvalue weighted by molar-refractivity contribution is -0.138. The number of ether oxygens (including phenoxy) is 2. The Balaban J connectivity index is 1.77. The summed E-state index contributed by atoms with van der Waals surface area (Å²) in [6.07, 6.45) is 3.95. The van der Waals surface area contributed by atoms with Crippen molar-refractivity contribution in [3.63, 3.8) is 0 Å². The third kappa shape index (κ3) is 6.41. The first kappa shape index (κ1) is 31.0. The summed E-state index contributed by atoms with van der Waals surface area (Å²) in [5.74, 6) is 0.350. The van der Waals surface area contributed by atoms with Crippen molar-refractivity contribution in [3.8, 4) is 5.75 Å². The Morgan fingerprint density at radius 1 is 1.10 bits per heavy atom. The van der Waals surface area contributed by atoms with Gasteiger partial charge in [0, 0.05) is 10.5 Å². The van der Waals surface area contributed by atoms with Crippen LogP contribution in [0.4, 0.5) is 0 Å². The maximum absolute atomic E-state index is 14.2. The van der Waals surface area contributed by atoms with Crippen LogP contribution in [-0.2, 0) is 9.53 Å². The number of thiazole rings is 1. The molecule has 3 aromatic carbocycles. The minimum absolute atomic E-state index is 0.0546. The molecule has 0 radical (unpaired) electrons. The van der Waals surface area contributed by atoms with Crippen LogP contribution in [0.2, 0.25) is 0 Å². The third-order valence-electron chi connectivity index (χ3n) is 6.48. The normalized spacial score (nSPS) is 15.0. The predicted octanol–water partition coefficient (Wildman–Crippen LogP) is 6.65. The first-order valence-electron chi connectivity index (χ1n) is 13.3. The number of halogens is 2. The van der Waals surface area contributed by atoms with Gasteiger partial charge >= 0.3 is 5.97 Å². The molecule has 2 heterocycles. The fourth-order valence-corrected chi connectivity index (χ4v) is 8.18. The summed E-state index contributed by atoms with van der Waals surface area (Å²) in [6.45, 7) is 5.99. The Morgan fingerprint density at radius 2 is 1.76 bits per heavy atom. The minimum Gasteiger partial charge on any atom is -0.489 e. The van der Waals surface area contributed by atoms with Gasteiger partial charge in [-0.05, 0) is 114 Å². The number of esters is 1. The molecular weight excluding hydrogens is 794 g/mol. The van der Waals surface area contributed by atoms with Gasteiger partial charge in [-0.3, -0.25) is 9.36 Å². The molecular formula is C32H28I2N2O4S2. The molecule has 42 heavy (non-hydrogen) atoms. The largest absolute Gasteiger partial charge is 0.489 e. The highest BCUT2D eigenvalue weighted by atomic mass is 127. The Kier molecular flexibility index (Phi) is 9.95. The van der Waals surface area contributed by atoms with Crippen molar-refractivity contribution < 1.29 is 14.3 Å². The highest BCUT2D eigenvalue weighted by Gasteiger charge is 2.35. The lowest BCUT2D eigenvalue weighted by Crippen LogP contribution is -2.40. The molecule has 6 nitrogen and oxygen atoms in total. The van der Waals surface area contributed by atoms with Gasteiger partial charge in [0.2, 0.25) is 0 Å². The van der Waals surface area contributed by atoms with Crippen molar-refractivity contribution in [1.82, 2.24) is 4.57 Å². The van der Waals surface area contributed by atoms with Crippen molar-refractivity contribution in [2.75, 3.05) is 12.9 Å². The standard InChI is InChI=1S/C32H28I2N2O4S2/c1-5-39-31(38)26-27(20-9-7-6-8-10-20)35-32-36(28(26)21-11-13-22(41-4)14-12-21)30(37)25(42-32)17-19-15-23(33)29(24(34)16-19)40-18(2)3/h6-18,28H,5H2,1-4H3/b25-17-/t28-/m0/s1. The number of carbonyl (C=O) groups is 1. The van der Waals surface area contributed by atoms with Crippen LogP contribution in [0, 0.1) is 7.14 Å². The van der Waals surface area contributed by atoms with Crippen LogP contribution in [0.3, 0.4) is 0 Å². The van der Waals surface area contributed by atoms with E-state index in [2.05, 4.69) is 45.2 Å². The number of benzene rings is 3. The second-order valence-electron chi connectivity index (χ2n) is 9.68. The summed E-state index contributed by atoms with van der Waals surface area (Å²) in [7, 11) is 0. The Hall–Kier alpha value is -2.42. The van der Waals surface area contributed by atoms with Crippen molar-refractivity contribution in [1.29, 1.82) is 0 Å². The summed E-state index contributed by atoms with van der Waals surface area (Å²) >= 11 is 7.49. The number of hydrogen-bond donors (Lipinski definition) is 0. The molecule has 0 bridgehead atoms. The summed E-state index contributed by atoms with van der Waals surface area (Å²) in [4.78, 5) is 34.3. The SMILES string of the molecule is CCOC(=O)C1=C(c2ccccc2)N=c2s/c(=C\c3cc(I)c(OC(C)C)c(I)c3)c(=O)n2[C@H]1c1ccc(SC)cc1. The fourth-order valence-electron chi connectivity index (χ4n) is 4.70. The van der Waals surface area contributed by atoms with Gasteiger partial charge in [-0.25, -0.2) is 9.79 Å². The van der Waals surface area contributed by atoms with Crippen molar-refractivity contribution in [2.45, 2.75) is 37.8 Å². The number of aromatic nitrogens is 1. The van der Waals surface area contributed by atoms with E-state index in [9.17, 15) is 9.59 Å². The van der Waals surface area contributed by atoms with E-state index in [4.69, 9.17) is 14.5 Å². The number of carbonyl (C=O) groups excluding carboxylic acids is 1. The topological polar surface area (TPSA) is 69.9 Å². The van der Waals surface area contributed by atoms with Crippen molar-refractivity contribution in [3.05, 3.63) is 116 Å². The zero-order valence-electron chi connectivity index (χ0n) is 23.4. The average molecular weight is 823 g/mol. The van der Waals surface area contributed by atoms with E-state index >= 15 is 0 Å². The molecule has 1 aliphatic heterocycles. The molecule has 1 atom stereocenters. The average Bonchev–Trinajstić information content (AvgIpc) is 3.28. The molecule has 4 aromatic rings. The van der Waals surface area contributed by atoms with Gasteiger partial charge in [-0.15, -0.1) is 11.8 Å². The van der Waals surface area contributed by atoms with Crippen molar-refractivity contribution >= 4 is 86.0 Å². The van der Waals surface area contributed by atoms with Gasteiger partial charge in [0.15, 0.2) is 4.80 Å². The summed E-state index contributed by atoms with van der Waals surface area (Å²) in [6, 6.07) is 20.9. The Bertz CT molecular complexity index is 1820. The second kappa shape index (κ2) is 13.5. The van der Waals surface area contributed by atoms with E-state index in [1.165, 1.54) is 11.3 Å². The van der Waals surface area contributed by atoms with E-state index in [1.54, 1.807) is 23.3 Å². The summed E-state index contributed by atoms with van der Waals surface area (Å²) in [5.41, 5.74) is 3.14. The molecule has 1 aromatic heterocycles. The number of fused-ring (bicyclic) bond motifs is 1. The Morgan fingerprint density at radius 3 is 2.36 bits per heavy atom. The molecule has 0 aliphatic carbocycles. The van der Waals surface area contributed by atoms with Crippen LogP contribution in [0.5, 0.6) is 5.75 Å². The first-order chi connectivity index (χ1) is 20.2. The number of thioether (sulfide) groups is 1.